The largest absolute Gasteiger partial charge is 0.391 e. The van der Waals surface area contributed by atoms with Crippen LogP contribution >= 0.6 is 0 Å². The zero-order valence-electron chi connectivity index (χ0n) is 23.8. The highest BCUT2D eigenvalue weighted by atomic mass is 16.6. The lowest BCUT2D eigenvalue weighted by Gasteiger charge is -2.31. The molecular formula is C30H47N3O7. The topological polar surface area (TPSA) is 135 Å². The molecule has 0 saturated carbocycles. The van der Waals surface area contributed by atoms with Crippen LogP contribution in [-0.2, 0) is 23.9 Å². The first-order chi connectivity index (χ1) is 19.1. The molecule has 0 aliphatic carbocycles. The second-order valence-electron chi connectivity index (χ2n) is 11.3. The number of aliphatic hydroxyl groups is 2. The van der Waals surface area contributed by atoms with E-state index in [0.29, 0.717) is 49.3 Å². The van der Waals surface area contributed by atoms with E-state index in [1.54, 1.807) is 9.80 Å². The van der Waals surface area contributed by atoms with Crippen molar-refractivity contribution in [3.63, 3.8) is 0 Å². The third-order valence-electron chi connectivity index (χ3n) is 7.57. The molecule has 0 aromatic heterocycles. The van der Waals surface area contributed by atoms with Gasteiger partial charge in [-0.25, -0.2) is 0 Å². The molecule has 3 amide bonds. The maximum atomic E-state index is 11.9. The van der Waals surface area contributed by atoms with Crippen LogP contribution < -0.4 is 5.32 Å². The quantitative estimate of drug-likeness (QED) is 0.274. The van der Waals surface area contributed by atoms with Gasteiger partial charge in [-0.15, -0.1) is 0 Å². The van der Waals surface area contributed by atoms with Crippen molar-refractivity contribution in [1.82, 2.24) is 15.1 Å². The summed E-state index contributed by atoms with van der Waals surface area (Å²) in [5.74, 6) is -0.146. The summed E-state index contributed by atoms with van der Waals surface area (Å²) < 4.78 is 10.1. The van der Waals surface area contributed by atoms with Crippen molar-refractivity contribution in [2.24, 2.45) is 0 Å². The van der Waals surface area contributed by atoms with E-state index in [0.717, 1.165) is 63.9 Å². The van der Waals surface area contributed by atoms with Gasteiger partial charge in [-0.3, -0.25) is 14.4 Å². The van der Waals surface area contributed by atoms with E-state index in [2.05, 4.69) is 25.1 Å². The molecule has 0 aromatic carbocycles. The highest BCUT2D eigenvalue weighted by Gasteiger charge is 2.28. The molecule has 0 spiro atoms. The van der Waals surface area contributed by atoms with Crippen molar-refractivity contribution < 1.29 is 34.1 Å². The third-order valence-corrected chi connectivity index (χ3v) is 7.57. The predicted octanol–water partition coefficient (Wildman–Crippen LogP) is 1.86. The molecular weight excluding hydrogens is 514 g/mol. The Bertz CT molecular complexity index is 854. The van der Waals surface area contributed by atoms with Crippen molar-refractivity contribution in [2.75, 3.05) is 45.9 Å². The molecule has 5 rings (SSSR count). The Balaban J connectivity index is 0.000000220. The lowest BCUT2D eigenvalue weighted by atomic mass is 10.0. The Kier molecular flexibility index (Phi) is 12.8. The van der Waals surface area contributed by atoms with Crippen molar-refractivity contribution in [2.45, 2.75) is 88.6 Å². The van der Waals surface area contributed by atoms with E-state index < -0.39 is 12.2 Å². The van der Waals surface area contributed by atoms with E-state index in [4.69, 9.17) is 9.47 Å². The van der Waals surface area contributed by atoms with E-state index in [9.17, 15) is 24.6 Å². The molecule has 0 radical (unpaired) electrons. The standard InChI is InChI=1S/C18H28N2O4.C6H9NO.C6H10O2/c1-13-5-3-9-19(17(13)23)11-15(21)7-8-16(22)12-20-10-4-6-14(2)18(20)24;1-5-3-2-4-7-6(5)8;1(5-3-7-5)2-6-4-8-6/h15-16,21-22H,1-12H2;1-4H2,(H,7,8);5-6H,1-4H2. The van der Waals surface area contributed by atoms with E-state index in [1.807, 2.05) is 0 Å². The number of rotatable bonds is 10. The van der Waals surface area contributed by atoms with Crippen LogP contribution in [0.25, 0.3) is 0 Å². The normalized spacial score (nSPS) is 25.8. The van der Waals surface area contributed by atoms with Gasteiger partial charge in [-0.05, 0) is 64.2 Å². The minimum atomic E-state index is -0.679. The molecule has 5 saturated heterocycles. The van der Waals surface area contributed by atoms with Crippen LogP contribution in [0.2, 0.25) is 0 Å². The first kappa shape index (κ1) is 32.0. The van der Waals surface area contributed by atoms with Crippen LogP contribution in [0.3, 0.4) is 0 Å². The van der Waals surface area contributed by atoms with Crippen LogP contribution in [0.4, 0.5) is 0 Å². The molecule has 5 fully saturated rings. The highest BCUT2D eigenvalue weighted by Crippen LogP contribution is 2.22. The number of ether oxygens (including phenoxy) is 2. The van der Waals surface area contributed by atoms with Crippen molar-refractivity contribution in [3.05, 3.63) is 36.5 Å². The fourth-order valence-electron chi connectivity index (χ4n) is 4.84. The van der Waals surface area contributed by atoms with E-state index in [-0.39, 0.29) is 30.8 Å². The molecule has 0 aromatic rings. The second kappa shape index (κ2) is 16.0. The Morgan fingerprint density at radius 3 is 1.52 bits per heavy atom. The SMILES string of the molecule is C(CC1CO1)C1CO1.C=C1CCCN(CC(O)CCC(O)CN2CCCC(=C)C2=O)C1=O.C=C1CCCNC1=O. The Labute approximate surface area is 238 Å². The van der Waals surface area contributed by atoms with Gasteiger partial charge in [0.2, 0.25) is 17.7 Å². The maximum Gasteiger partial charge on any atom is 0.249 e. The smallest absolute Gasteiger partial charge is 0.249 e. The van der Waals surface area contributed by atoms with Gasteiger partial charge in [-0.2, -0.15) is 0 Å². The van der Waals surface area contributed by atoms with Crippen LogP contribution in [0.1, 0.15) is 64.2 Å². The number of aliphatic hydroxyl groups excluding tert-OH is 2. The lowest BCUT2D eigenvalue weighted by Crippen LogP contribution is -2.43. The summed E-state index contributed by atoms with van der Waals surface area (Å²) in [5, 5.41) is 22.9. The lowest BCUT2D eigenvalue weighted by molar-refractivity contribution is -0.131. The minimum absolute atomic E-state index is 0.0243. The monoisotopic (exact) mass is 561 g/mol. The molecule has 40 heavy (non-hydrogen) atoms. The number of piperidine rings is 3. The van der Waals surface area contributed by atoms with Crippen LogP contribution in [0.15, 0.2) is 36.5 Å². The fraction of sp³-hybridized carbons (Fsp3) is 0.700. The van der Waals surface area contributed by atoms with Gasteiger partial charge in [0.25, 0.3) is 0 Å². The zero-order chi connectivity index (χ0) is 29.1. The van der Waals surface area contributed by atoms with Gasteiger partial charge in [0.05, 0.1) is 37.6 Å². The first-order valence-electron chi connectivity index (χ1n) is 14.6. The zero-order valence-corrected chi connectivity index (χ0v) is 23.8. The van der Waals surface area contributed by atoms with Gasteiger partial charge in [0.1, 0.15) is 0 Å². The summed E-state index contributed by atoms with van der Waals surface area (Å²) in [6.07, 6.45) is 8.15. The van der Waals surface area contributed by atoms with Gasteiger partial charge < -0.3 is 34.8 Å². The minimum Gasteiger partial charge on any atom is -0.391 e. The summed E-state index contributed by atoms with van der Waals surface area (Å²) in [6, 6.07) is 0. The second-order valence-corrected chi connectivity index (χ2v) is 11.3. The van der Waals surface area contributed by atoms with Crippen molar-refractivity contribution >= 4 is 17.7 Å². The number of nitrogens with one attached hydrogen (secondary N) is 1. The number of amides is 3. The molecule has 3 N–H and O–H groups in total. The number of β-amino-alcohol motifs (C(OH)–C–C–N with tert-alkyl or cyclic N) is 2. The van der Waals surface area contributed by atoms with Gasteiger partial charge >= 0.3 is 0 Å². The predicted molar refractivity (Wildman–Crippen MR) is 151 cm³/mol. The molecule has 4 unspecified atom stereocenters. The third kappa shape index (κ3) is 11.5. The average molecular weight is 562 g/mol. The molecule has 10 heteroatoms. The maximum absolute atomic E-state index is 11.9. The summed E-state index contributed by atoms with van der Waals surface area (Å²) >= 11 is 0. The van der Waals surface area contributed by atoms with E-state index >= 15 is 0 Å². The summed E-state index contributed by atoms with van der Waals surface area (Å²) in [7, 11) is 0. The molecule has 5 aliphatic heterocycles. The van der Waals surface area contributed by atoms with Crippen LogP contribution in [0.5, 0.6) is 0 Å². The Morgan fingerprint density at radius 1 is 0.750 bits per heavy atom. The number of epoxide rings is 2. The number of likely N-dealkylation sites (tertiary alicyclic amines) is 2. The van der Waals surface area contributed by atoms with Crippen molar-refractivity contribution in [3.8, 4) is 0 Å². The molecule has 10 nitrogen and oxygen atoms in total. The summed E-state index contributed by atoms with van der Waals surface area (Å²) in [4.78, 5) is 37.7. The van der Waals surface area contributed by atoms with E-state index in [1.165, 1.54) is 12.8 Å². The summed E-state index contributed by atoms with van der Waals surface area (Å²) in [5.41, 5.74) is 1.91. The highest BCUT2D eigenvalue weighted by molar-refractivity contribution is 5.94. The molecule has 4 atom stereocenters. The number of hydrogen-bond donors (Lipinski definition) is 3. The number of carbonyl (C=O) groups excluding carboxylic acids is 3. The first-order valence-corrected chi connectivity index (χ1v) is 14.6. The Morgan fingerprint density at radius 2 is 1.18 bits per heavy atom. The van der Waals surface area contributed by atoms with Crippen LogP contribution in [-0.4, -0.2) is 108 Å². The number of nitrogens with zero attached hydrogens (tertiary/aromatic N) is 2. The Hall–Kier alpha value is -2.53. The molecule has 224 valence electrons. The number of hydrogen-bond acceptors (Lipinski definition) is 7. The average Bonchev–Trinajstić information content (AvgIpc) is 3.85. The number of carbonyl (C=O) groups is 3. The fourth-order valence-corrected chi connectivity index (χ4v) is 4.84. The van der Waals surface area contributed by atoms with Crippen LogP contribution in [0, 0.1) is 0 Å². The van der Waals surface area contributed by atoms with Gasteiger partial charge in [-0.1, -0.05) is 19.7 Å². The van der Waals surface area contributed by atoms with Gasteiger partial charge in [0.15, 0.2) is 0 Å². The molecule has 5 heterocycles. The molecule has 0 bridgehead atoms. The van der Waals surface area contributed by atoms with Crippen molar-refractivity contribution in [1.29, 1.82) is 0 Å². The molecule has 5 aliphatic rings. The summed E-state index contributed by atoms with van der Waals surface area (Å²) in [6.45, 7) is 15.7. The van der Waals surface area contributed by atoms with Gasteiger partial charge in [0, 0.05) is 49.4 Å².